The fraction of sp³-hybridized carbons (Fsp3) is 0.429. The van der Waals surface area contributed by atoms with Crippen LogP contribution in [-0.4, -0.2) is 17.8 Å². The van der Waals surface area contributed by atoms with Crippen LogP contribution < -0.4 is 5.32 Å². The van der Waals surface area contributed by atoms with E-state index in [2.05, 4.69) is 32.7 Å². The minimum Gasteiger partial charge on any atom is -0.308 e. The van der Waals surface area contributed by atoms with E-state index >= 15 is 0 Å². The second kappa shape index (κ2) is 6.34. The number of rotatable bonds is 5. The van der Waals surface area contributed by atoms with Gasteiger partial charge in [-0.15, -0.1) is 11.8 Å². The fourth-order valence-electron chi connectivity index (χ4n) is 1.19. The van der Waals surface area contributed by atoms with Crippen LogP contribution >= 0.6 is 11.8 Å². The summed E-state index contributed by atoms with van der Waals surface area (Å²) in [5, 5.41) is 3.33. The molecule has 18 heavy (non-hydrogen) atoms. The molecule has 0 saturated heterocycles. The summed E-state index contributed by atoms with van der Waals surface area (Å²) in [5.74, 6) is -0.931. The number of benzene rings is 1. The predicted molar refractivity (Wildman–Crippen MR) is 74.0 cm³/mol. The molecule has 0 aromatic heterocycles. The maximum absolute atomic E-state index is 13.0. The molecule has 0 heterocycles. The minimum atomic E-state index is -0.812. The van der Waals surface area contributed by atoms with Crippen LogP contribution in [-0.2, 0) is 0 Å². The number of halogens is 2. The molecule has 1 aromatic carbocycles. The summed E-state index contributed by atoms with van der Waals surface area (Å²) in [4.78, 5) is 0.714. The van der Waals surface area contributed by atoms with Crippen molar-refractivity contribution in [2.24, 2.45) is 0 Å². The summed E-state index contributed by atoms with van der Waals surface area (Å²) < 4.78 is 25.7. The van der Waals surface area contributed by atoms with E-state index in [9.17, 15) is 8.78 Å². The Morgan fingerprint density at radius 2 is 1.94 bits per heavy atom. The molecule has 0 fully saturated rings. The van der Waals surface area contributed by atoms with Crippen molar-refractivity contribution >= 4 is 11.8 Å². The quantitative estimate of drug-likeness (QED) is 0.641. The van der Waals surface area contributed by atoms with E-state index in [4.69, 9.17) is 0 Å². The Hall–Kier alpha value is -0.870. The Morgan fingerprint density at radius 3 is 2.50 bits per heavy atom. The van der Waals surface area contributed by atoms with Crippen molar-refractivity contribution in [3.05, 3.63) is 42.0 Å². The van der Waals surface area contributed by atoms with Crippen LogP contribution in [0.3, 0.4) is 0 Å². The van der Waals surface area contributed by atoms with Gasteiger partial charge in [0.2, 0.25) is 0 Å². The van der Waals surface area contributed by atoms with Gasteiger partial charge in [0.25, 0.3) is 0 Å². The van der Waals surface area contributed by atoms with E-state index in [1.165, 1.54) is 17.8 Å². The lowest BCUT2D eigenvalue weighted by Gasteiger charge is -2.21. The second-order valence-corrected chi connectivity index (χ2v) is 6.27. The van der Waals surface area contributed by atoms with Crippen LogP contribution in [0.2, 0.25) is 0 Å². The summed E-state index contributed by atoms with van der Waals surface area (Å²) in [6.45, 7) is 10.9. The van der Waals surface area contributed by atoms with Gasteiger partial charge < -0.3 is 5.32 Å². The van der Waals surface area contributed by atoms with Crippen molar-refractivity contribution < 1.29 is 8.78 Å². The lowest BCUT2D eigenvalue weighted by atomic mass is 10.1. The van der Waals surface area contributed by atoms with Crippen molar-refractivity contribution in [3.8, 4) is 0 Å². The molecular formula is C14H19F2NS. The van der Waals surface area contributed by atoms with E-state index < -0.39 is 11.6 Å². The van der Waals surface area contributed by atoms with Crippen LogP contribution in [0.25, 0.3) is 0 Å². The second-order valence-electron chi connectivity index (χ2n) is 5.22. The van der Waals surface area contributed by atoms with Gasteiger partial charge in [-0.05, 0) is 39.0 Å². The molecule has 0 radical (unpaired) electrons. The molecule has 1 nitrogen and oxygen atoms in total. The average Bonchev–Trinajstić information content (AvgIpc) is 2.27. The lowest BCUT2D eigenvalue weighted by molar-refractivity contribution is 0.445. The summed E-state index contributed by atoms with van der Waals surface area (Å²) >= 11 is 1.46. The molecule has 1 N–H and O–H groups in total. The van der Waals surface area contributed by atoms with Gasteiger partial charge in [-0.3, -0.25) is 0 Å². The third kappa shape index (κ3) is 5.65. The molecule has 100 valence electrons. The third-order valence-electron chi connectivity index (χ3n) is 2.20. The highest BCUT2D eigenvalue weighted by molar-refractivity contribution is 7.99. The van der Waals surface area contributed by atoms with Crippen LogP contribution in [0.5, 0.6) is 0 Å². The highest BCUT2D eigenvalue weighted by Crippen LogP contribution is 2.22. The summed E-state index contributed by atoms with van der Waals surface area (Å²) in [7, 11) is 0. The van der Waals surface area contributed by atoms with E-state index in [1.807, 2.05) is 0 Å². The molecule has 0 spiro atoms. The van der Waals surface area contributed by atoms with E-state index in [-0.39, 0.29) is 5.54 Å². The number of hydrogen-bond acceptors (Lipinski definition) is 2. The molecule has 0 aliphatic heterocycles. The topological polar surface area (TPSA) is 12.0 Å². The van der Waals surface area contributed by atoms with Gasteiger partial charge in [0.15, 0.2) is 11.6 Å². The smallest absolute Gasteiger partial charge is 0.159 e. The first-order valence-electron chi connectivity index (χ1n) is 5.77. The van der Waals surface area contributed by atoms with Crippen molar-refractivity contribution in [1.82, 2.24) is 5.32 Å². The molecule has 1 aromatic rings. The highest BCUT2D eigenvalue weighted by Gasteiger charge is 2.09. The van der Waals surface area contributed by atoms with E-state index in [0.29, 0.717) is 10.6 Å². The molecule has 0 saturated carbocycles. The number of thioether (sulfide) groups is 1. The van der Waals surface area contributed by atoms with Crippen molar-refractivity contribution in [2.45, 2.75) is 31.2 Å². The fourth-order valence-corrected chi connectivity index (χ4v) is 2.02. The molecule has 0 aliphatic rings. The van der Waals surface area contributed by atoms with Gasteiger partial charge in [0.1, 0.15) is 0 Å². The number of nitrogens with one attached hydrogen (secondary N) is 1. The highest BCUT2D eigenvalue weighted by atomic mass is 32.2. The zero-order valence-corrected chi connectivity index (χ0v) is 11.8. The van der Waals surface area contributed by atoms with Crippen LogP contribution in [0.15, 0.2) is 35.2 Å². The van der Waals surface area contributed by atoms with Gasteiger partial charge in [0.05, 0.1) is 0 Å². The Balaban J connectivity index is 2.40. The zero-order chi connectivity index (χ0) is 13.8. The van der Waals surface area contributed by atoms with Crippen LogP contribution in [0.4, 0.5) is 8.78 Å². The summed E-state index contributed by atoms with van der Waals surface area (Å²) in [6, 6.07) is 3.94. The third-order valence-corrected chi connectivity index (χ3v) is 3.34. The molecule has 1 rings (SSSR count). The van der Waals surface area contributed by atoms with E-state index in [0.717, 1.165) is 18.2 Å². The molecule has 4 heteroatoms. The SMILES string of the molecule is C=C(CNC(C)(C)C)CSc1ccc(F)c(F)c1. The van der Waals surface area contributed by atoms with Gasteiger partial charge in [0, 0.05) is 22.7 Å². The van der Waals surface area contributed by atoms with Crippen molar-refractivity contribution in [1.29, 1.82) is 0 Å². The first-order valence-corrected chi connectivity index (χ1v) is 6.76. The molecule has 0 amide bonds. The van der Waals surface area contributed by atoms with Crippen molar-refractivity contribution in [2.75, 3.05) is 12.3 Å². The normalized spacial score (nSPS) is 11.6. The lowest BCUT2D eigenvalue weighted by Crippen LogP contribution is -2.37. The monoisotopic (exact) mass is 271 g/mol. The standard InChI is InChI=1S/C14H19F2NS/c1-10(8-17-14(2,3)4)9-18-11-5-6-12(15)13(16)7-11/h5-7,17H,1,8-9H2,2-4H3. The first-order chi connectivity index (χ1) is 8.28. The Labute approximate surface area is 112 Å². The van der Waals surface area contributed by atoms with Crippen LogP contribution in [0.1, 0.15) is 20.8 Å². The molecule has 0 atom stereocenters. The number of hydrogen-bond donors (Lipinski definition) is 1. The Kier molecular flexibility index (Phi) is 5.35. The van der Waals surface area contributed by atoms with Gasteiger partial charge >= 0.3 is 0 Å². The Morgan fingerprint density at radius 1 is 1.28 bits per heavy atom. The molecule has 0 unspecified atom stereocenters. The zero-order valence-electron chi connectivity index (χ0n) is 11.0. The minimum absolute atomic E-state index is 0.0512. The van der Waals surface area contributed by atoms with Gasteiger partial charge in [-0.2, -0.15) is 0 Å². The molecule has 0 bridgehead atoms. The molecular weight excluding hydrogens is 252 g/mol. The maximum Gasteiger partial charge on any atom is 0.159 e. The van der Waals surface area contributed by atoms with Gasteiger partial charge in [-0.25, -0.2) is 8.78 Å². The van der Waals surface area contributed by atoms with Crippen molar-refractivity contribution in [3.63, 3.8) is 0 Å². The average molecular weight is 271 g/mol. The largest absolute Gasteiger partial charge is 0.308 e. The van der Waals surface area contributed by atoms with Gasteiger partial charge in [-0.1, -0.05) is 12.2 Å². The Bertz CT molecular complexity index is 424. The summed E-state index contributed by atoms with van der Waals surface area (Å²) in [6.07, 6.45) is 0. The molecule has 0 aliphatic carbocycles. The van der Waals surface area contributed by atoms with E-state index in [1.54, 1.807) is 6.07 Å². The van der Waals surface area contributed by atoms with Crippen LogP contribution in [0, 0.1) is 11.6 Å². The summed E-state index contributed by atoms with van der Waals surface area (Å²) in [5.41, 5.74) is 1.08. The predicted octanol–water partition coefficient (Wildman–Crippen LogP) is 4.00. The maximum atomic E-state index is 13.0. The first kappa shape index (κ1) is 15.2.